The monoisotopic (exact) mass is 425 g/mol. The zero-order valence-electron chi connectivity index (χ0n) is 16.7. The van der Waals surface area contributed by atoms with Gasteiger partial charge in [0.1, 0.15) is 30.0 Å². The highest BCUT2D eigenvalue weighted by atomic mass is 19.4. The molecule has 0 aliphatic carbocycles. The number of nitrogens with two attached hydrogens (primary N) is 1. The van der Waals surface area contributed by atoms with Gasteiger partial charge in [-0.2, -0.15) is 13.2 Å². The summed E-state index contributed by atoms with van der Waals surface area (Å²) in [4.78, 5) is 5.92. The summed E-state index contributed by atoms with van der Waals surface area (Å²) in [5.41, 5.74) is 7.28. The number of anilines is 1. The number of benzene rings is 1. The molecule has 1 aliphatic rings. The van der Waals surface area contributed by atoms with Crippen LogP contribution in [0.3, 0.4) is 0 Å². The Labute approximate surface area is 173 Å². The minimum atomic E-state index is -4.14. The summed E-state index contributed by atoms with van der Waals surface area (Å²) in [6.07, 6.45) is -3.19. The van der Waals surface area contributed by atoms with E-state index in [2.05, 4.69) is 4.98 Å². The van der Waals surface area contributed by atoms with Crippen LogP contribution in [0.4, 0.5) is 19.0 Å². The summed E-state index contributed by atoms with van der Waals surface area (Å²) in [5, 5.41) is 10.3. The molecule has 1 aliphatic heterocycles. The molecule has 6 nitrogen and oxygen atoms in total. The third kappa shape index (κ3) is 5.99. The quantitative estimate of drug-likeness (QED) is 0.708. The molecule has 1 atom stereocenters. The van der Waals surface area contributed by atoms with Crippen molar-refractivity contribution >= 4 is 5.82 Å². The second kappa shape index (κ2) is 9.53. The number of piperidine rings is 1. The van der Waals surface area contributed by atoms with Crippen molar-refractivity contribution in [2.45, 2.75) is 25.1 Å². The van der Waals surface area contributed by atoms with Gasteiger partial charge in [-0.25, -0.2) is 4.98 Å². The molecule has 3 N–H and O–H groups in total. The Balaban J connectivity index is 1.56. The summed E-state index contributed by atoms with van der Waals surface area (Å²) in [7, 11) is 1.55. The van der Waals surface area contributed by atoms with Crippen LogP contribution in [-0.2, 0) is 0 Å². The number of nitrogens with zero attached hydrogens (tertiary/aromatic N) is 2. The lowest BCUT2D eigenvalue weighted by molar-refractivity contribution is -0.185. The number of likely N-dealkylation sites (tertiary alicyclic amines) is 1. The molecular weight excluding hydrogens is 399 g/mol. The first kappa shape index (κ1) is 22.2. The minimum Gasteiger partial charge on any atom is -0.497 e. The number of halogens is 3. The number of methoxy groups -OCH3 is 1. The molecule has 2 heterocycles. The molecule has 1 unspecified atom stereocenters. The van der Waals surface area contributed by atoms with Gasteiger partial charge in [0.15, 0.2) is 0 Å². The number of alkyl halides is 3. The second-order valence-corrected chi connectivity index (χ2v) is 7.45. The van der Waals surface area contributed by atoms with Crippen LogP contribution in [0.25, 0.3) is 11.1 Å². The van der Waals surface area contributed by atoms with Crippen molar-refractivity contribution in [3.05, 3.63) is 36.5 Å². The fraction of sp³-hybridized carbons (Fsp3) is 0.476. The number of hydrogen-bond donors (Lipinski definition) is 2. The maximum Gasteiger partial charge on any atom is 0.391 e. The fourth-order valence-electron chi connectivity index (χ4n) is 3.50. The molecule has 0 saturated carbocycles. The van der Waals surface area contributed by atoms with E-state index in [4.69, 9.17) is 15.2 Å². The summed E-state index contributed by atoms with van der Waals surface area (Å²) < 4.78 is 49.4. The lowest BCUT2D eigenvalue weighted by Gasteiger charge is -2.33. The van der Waals surface area contributed by atoms with Crippen molar-refractivity contribution in [3.63, 3.8) is 0 Å². The zero-order chi connectivity index (χ0) is 21.7. The van der Waals surface area contributed by atoms with Crippen LogP contribution < -0.4 is 15.2 Å². The van der Waals surface area contributed by atoms with Crippen LogP contribution in [0.15, 0.2) is 36.5 Å². The fourth-order valence-corrected chi connectivity index (χ4v) is 3.50. The Bertz CT molecular complexity index is 822. The van der Waals surface area contributed by atoms with E-state index in [1.807, 2.05) is 17.0 Å². The molecule has 3 rings (SSSR count). The Morgan fingerprint density at radius 3 is 2.47 bits per heavy atom. The third-order valence-corrected chi connectivity index (χ3v) is 5.20. The Kier molecular flexibility index (Phi) is 7.04. The number of aliphatic hydroxyl groups is 1. The molecule has 0 radical (unpaired) electrons. The molecule has 1 aromatic carbocycles. The van der Waals surface area contributed by atoms with E-state index < -0.39 is 18.2 Å². The number of β-amino-alcohol motifs (C(OH)–C–C–N with tert-alkyl or cyclic N) is 1. The van der Waals surface area contributed by atoms with E-state index in [0.717, 1.165) is 11.1 Å². The lowest BCUT2D eigenvalue weighted by atomic mass is 9.96. The molecular formula is C21H26F3N3O3. The van der Waals surface area contributed by atoms with Gasteiger partial charge >= 0.3 is 6.18 Å². The van der Waals surface area contributed by atoms with Gasteiger partial charge in [-0.05, 0) is 55.8 Å². The van der Waals surface area contributed by atoms with Crippen molar-refractivity contribution in [3.8, 4) is 22.6 Å². The van der Waals surface area contributed by atoms with Gasteiger partial charge in [0.05, 0.1) is 13.0 Å². The first-order valence-electron chi connectivity index (χ1n) is 9.75. The van der Waals surface area contributed by atoms with E-state index in [9.17, 15) is 18.3 Å². The topological polar surface area (TPSA) is 80.8 Å². The number of aromatic nitrogens is 1. The van der Waals surface area contributed by atoms with Gasteiger partial charge in [0.25, 0.3) is 0 Å². The molecule has 9 heteroatoms. The zero-order valence-corrected chi connectivity index (χ0v) is 16.7. The molecule has 0 bridgehead atoms. The van der Waals surface area contributed by atoms with E-state index in [1.54, 1.807) is 31.5 Å². The highest BCUT2D eigenvalue weighted by Crippen LogP contribution is 2.34. The number of nitrogen functional groups attached to an aromatic ring is 1. The van der Waals surface area contributed by atoms with Crippen molar-refractivity contribution in [1.29, 1.82) is 0 Å². The summed E-state index contributed by atoms with van der Waals surface area (Å²) in [6.45, 7) is 0.915. The summed E-state index contributed by atoms with van der Waals surface area (Å²) in [5.74, 6) is 0.264. The lowest BCUT2D eigenvalue weighted by Crippen LogP contribution is -2.43. The number of hydrogen-bond acceptors (Lipinski definition) is 6. The Morgan fingerprint density at radius 2 is 1.87 bits per heavy atom. The van der Waals surface area contributed by atoms with Crippen LogP contribution in [-0.4, -0.2) is 60.6 Å². The summed E-state index contributed by atoms with van der Waals surface area (Å²) in [6, 6.07) is 8.87. The second-order valence-electron chi connectivity index (χ2n) is 7.45. The molecule has 0 spiro atoms. The minimum absolute atomic E-state index is 0.0196. The maximum absolute atomic E-state index is 12.8. The van der Waals surface area contributed by atoms with Crippen LogP contribution >= 0.6 is 0 Å². The molecule has 2 aromatic rings. The number of rotatable bonds is 7. The molecule has 1 aromatic heterocycles. The van der Waals surface area contributed by atoms with Gasteiger partial charge in [0, 0.05) is 24.4 Å². The van der Waals surface area contributed by atoms with E-state index in [0.29, 0.717) is 30.4 Å². The van der Waals surface area contributed by atoms with E-state index in [-0.39, 0.29) is 26.0 Å². The first-order valence-corrected chi connectivity index (χ1v) is 9.75. The Hall–Kier alpha value is -2.52. The van der Waals surface area contributed by atoms with E-state index in [1.165, 1.54) is 0 Å². The molecule has 1 saturated heterocycles. The average molecular weight is 425 g/mol. The van der Waals surface area contributed by atoms with Crippen molar-refractivity contribution in [2.75, 3.05) is 39.1 Å². The molecule has 164 valence electrons. The standard InChI is InChI=1S/C21H26F3N3O3/c1-29-18-8-15(14-2-3-20(25)26-11-14)9-19(10-18)30-13-17(28)12-27-6-4-16(5-7-27)21(22,23)24/h2-3,8-11,16-17,28H,4-7,12-13H2,1H3,(H2,25,26). The predicted octanol–water partition coefficient (Wildman–Crippen LogP) is 3.35. The van der Waals surface area contributed by atoms with Gasteiger partial charge in [0.2, 0.25) is 0 Å². The number of pyridine rings is 1. The van der Waals surface area contributed by atoms with Crippen LogP contribution in [0, 0.1) is 5.92 Å². The highest BCUT2D eigenvalue weighted by molar-refractivity contribution is 5.67. The van der Waals surface area contributed by atoms with Crippen molar-refractivity contribution in [1.82, 2.24) is 9.88 Å². The average Bonchev–Trinajstić information content (AvgIpc) is 2.72. The van der Waals surface area contributed by atoms with Crippen molar-refractivity contribution < 1.29 is 27.8 Å². The molecule has 1 fully saturated rings. The number of ether oxygens (including phenoxy) is 2. The molecule has 0 amide bonds. The van der Waals surface area contributed by atoms with Crippen molar-refractivity contribution in [2.24, 2.45) is 5.92 Å². The van der Waals surface area contributed by atoms with Crippen LogP contribution in [0.1, 0.15) is 12.8 Å². The van der Waals surface area contributed by atoms with Crippen LogP contribution in [0.5, 0.6) is 11.5 Å². The van der Waals surface area contributed by atoms with Crippen LogP contribution in [0.2, 0.25) is 0 Å². The van der Waals surface area contributed by atoms with Gasteiger partial charge in [-0.15, -0.1) is 0 Å². The summed E-state index contributed by atoms with van der Waals surface area (Å²) >= 11 is 0. The largest absolute Gasteiger partial charge is 0.497 e. The van der Waals surface area contributed by atoms with Gasteiger partial charge in [-0.1, -0.05) is 0 Å². The first-order chi connectivity index (χ1) is 14.2. The highest BCUT2D eigenvalue weighted by Gasteiger charge is 2.41. The van der Waals surface area contributed by atoms with Gasteiger partial charge < -0.3 is 25.2 Å². The van der Waals surface area contributed by atoms with Gasteiger partial charge in [-0.3, -0.25) is 0 Å². The predicted molar refractivity (Wildman–Crippen MR) is 107 cm³/mol. The smallest absolute Gasteiger partial charge is 0.391 e. The SMILES string of the molecule is COc1cc(OCC(O)CN2CCC(C(F)(F)F)CC2)cc(-c2ccc(N)nc2)c1. The van der Waals surface area contributed by atoms with E-state index >= 15 is 0 Å². The third-order valence-electron chi connectivity index (χ3n) is 5.20. The molecule has 30 heavy (non-hydrogen) atoms. The Morgan fingerprint density at radius 1 is 1.17 bits per heavy atom. The number of aliphatic hydroxyl groups excluding tert-OH is 1. The normalized spacial score (nSPS) is 17.0. The maximum atomic E-state index is 12.8.